The van der Waals surface area contributed by atoms with E-state index in [1.165, 1.54) is 18.2 Å². The third kappa shape index (κ3) is 3.38. The van der Waals surface area contributed by atoms with Gasteiger partial charge in [0, 0.05) is 25.4 Å². The Kier molecular flexibility index (Phi) is 4.01. The average Bonchev–Trinajstić information content (AvgIpc) is 2.87. The van der Waals surface area contributed by atoms with Crippen LogP contribution in [0.1, 0.15) is 22.7 Å². The average molecular weight is 248 g/mol. The largest absolute Gasteiger partial charge is 0.351 e. The summed E-state index contributed by atoms with van der Waals surface area (Å²) in [6.07, 6.45) is 4.95. The van der Waals surface area contributed by atoms with Gasteiger partial charge >= 0.3 is 0 Å². The maximum atomic E-state index is 12.8. The van der Waals surface area contributed by atoms with Crippen molar-refractivity contribution < 1.29 is 9.18 Å². The Bertz CT molecular complexity index is 513. The summed E-state index contributed by atoms with van der Waals surface area (Å²) in [5, 5.41) is 2.68. The van der Waals surface area contributed by atoms with Crippen LogP contribution in [0.15, 0.2) is 30.6 Å². The van der Waals surface area contributed by atoms with Crippen LogP contribution in [0.2, 0.25) is 0 Å². The first-order chi connectivity index (χ1) is 8.75. The van der Waals surface area contributed by atoms with Crippen LogP contribution >= 0.6 is 0 Å². The lowest BCUT2D eigenvalue weighted by Gasteiger charge is -2.03. The molecule has 2 aromatic heterocycles. The van der Waals surface area contributed by atoms with E-state index < -0.39 is 5.95 Å². The molecule has 0 spiro atoms. The number of hydrogen-bond acceptors (Lipinski definition) is 3. The van der Waals surface area contributed by atoms with E-state index in [2.05, 4.69) is 20.3 Å². The Hall–Kier alpha value is -2.24. The number of nitrogens with one attached hydrogen (secondary N) is 2. The Morgan fingerprint density at radius 1 is 1.44 bits per heavy atom. The number of halogens is 1. The predicted octanol–water partition coefficient (Wildman–Crippen LogP) is 1.31. The zero-order chi connectivity index (χ0) is 12.8. The monoisotopic (exact) mass is 248 g/mol. The lowest BCUT2D eigenvalue weighted by Crippen LogP contribution is -2.25. The maximum Gasteiger partial charge on any atom is 0.269 e. The zero-order valence-corrected chi connectivity index (χ0v) is 9.69. The second kappa shape index (κ2) is 5.90. The molecule has 0 bridgehead atoms. The minimum Gasteiger partial charge on any atom is -0.351 e. The molecule has 2 N–H and O–H groups in total. The molecule has 0 aliphatic carbocycles. The van der Waals surface area contributed by atoms with Gasteiger partial charge in [-0.25, -0.2) is 9.97 Å². The summed E-state index contributed by atoms with van der Waals surface area (Å²) >= 11 is 0. The highest BCUT2D eigenvalue weighted by Crippen LogP contribution is 1.98. The fourth-order valence-electron chi connectivity index (χ4n) is 1.52. The van der Waals surface area contributed by atoms with E-state index in [0.29, 0.717) is 6.54 Å². The third-order valence-electron chi connectivity index (χ3n) is 2.38. The van der Waals surface area contributed by atoms with Crippen molar-refractivity contribution in [1.82, 2.24) is 20.3 Å². The van der Waals surface area contributed by atoms with E-state index in [9.17, 15) is 9.18 Å². The van der Waals surface area contributed by atoms with Gasteiger partial charge in [0.2, 0.25) is 5.95 Å². The molecular formula is C12H13FN4O. The Balaban J connectivity index is 1.75. The van der Waals surface area contributed by atoms with Crippen molar-refractivity contribution in [2.45, 2.75) is 12.8 Å². The summed E-state index contributed by atoms with van der Waals surface area (Å²) < 4.78 is 12.8. The fourth-order valence-corrected chi connectivity index (χ4v) is 1.52. The highest BCUT2D eigenvalue weighted by Gasteiger charge is 2.07. The highest BCUT2D eigenvalue weighted by atomic mass is 19.1. The molecule has 0 aromatic carbocycles. The summed E-state index contributed by atoms with van der Waals surface area (Å²) in [6.45, 7) is 0.498. The molecule has 0 unspecified atom stereocenters. The molecule has 0 atom stereocenters. The van der Waals surface area contributed by atoms with Crippen LogP contribution in [0, 0.1) is 5.95 Å². The SMILES string of the molecule is O=C(NCCCc1ncc[nH]1)c1cccc(F)n1. The summed E-state index contributed by atoms with van der Waals surface area (Å²) in [5.74, 6) is -0.139. The number of pyridine rings is 1. The number of imidazole rings is 1. The van der Waals surface area contributed by atoms with Crippen LogP contribution < -0.4 is 5.32 Å². The highest BCUT2D eigenvalue weighted by molar-refractivity contribution is 5.92. The third-order valence-corrected chi connectivity index (χ3v) is 2.38. The van der Waals surface area contributed by atoms with Crippen molar-refractivity contribution in [2.24, 2.45) is 0 Å². The van der Waals surface area contributed by atoms with E-state index >= 15 is 0 Å². The molecule has 94 valence electrons. The molecule has 1 amide bonds. The lowest BCUT2D eigenvalue weighted by atomic mass is 10.3. The second-order valence-corrected chi connectivity index (χ2v) is 3.74. The first kappa shape index (κ1) is 12.2. The number of amides is 1. The van der Waals surface area contributed by atoms with Crippen molar-refractivity contribution in [3.8, 4) is 0 Å². The maximum absolute atomic E-state index is 12.8. The van der Waals surface area contributed by atoms with Gasteiger partial charge in [-0.05, 0) is 18.6 Å². The minimum absolute atomic E-state index is 0.0907. The van der Waals surface area contributed by atoms with Crippen molar-refractivity contribution in [2.75, 3.05) is 6.54 Å². The molecule has 0 aliphatic heterocycles. The van der Waals surface area contributed by atoms with Gasteiger partial charge in [-0.1, -0.05) is 6.07 Å². The van der Waals surface area contributed by atoms with Gasteiger partial charge in [0.1, 0.15) is 11.5 Å². The zero-order valence-electron chi connectivity index (χ0n) is 9.69. The van der Waals surface area contributed by atoms with Crippen LogP contribution in [-0.2, 0) is 6.42 Å². The van der Waals surface area contributed by atoms with Crippen LogP contribution in [0.3, 0.4) is 0 Å². The van der Waals surface area contributed by atoms with E-state index in [0.717, 1.165) is 18.7 Å². The number of carbonyl (C=O) groups excluding carboxylic acids is 1. The van der Waals surface area contributed by atoms with Crippen molar-refractivity contribution in [3.05, 3.63) is 48.1 Å². The van der Waals surface area contributed by atoms with Crippen LogP contribution in [0.25, 0.3) is 0 Å². The number of aryl methyl sites for hydroxylation is 1. The molecule has 18 heavy (non-hydrogen) atoms. The summed E-state index contributed by atoms with van der Waals surface area (Å²) in [7, 11) is 0. The summed E-state index contributed by atoms with van der Waals surface area (Å²) in [6, 6.07) is 4.14. The number of H-pyrrole nitrogens is 1. The van der Waals surface area contributed by atoms with Crippen LogP contribution in [-0.4, -0.2) is 27.4 Å². The molecule has 0 fully saturated rings. The number of aromatic amines is 1. The fraction of sp³-hybridized carbons (Fsp3) is 0.250. The molecule has 0 radical (unpaired) electrons. The van der Waals surface area contributed by atoms with Gasteiger partial charge in [-0.15, -0.1) is 0 Å². The molecule has 2 heterocycles. The number of hydrogen-bond donors (Lipinski definition) is 2. The summed E-state index contributed by atoms with van der Waals surface area (Å²) in [4.78, 5) is 22.2. The summed E-state index contributed by atoms with van der Waals surface area (Å²) in [5.41, 5.74) is 0.0907. The van der Waals surface area contributed by atoms with Crippen molar-refractivity contribution in [3.63, 3.8) is 0 Å². The molecule has 0 saturated heterocycles. The van der Waals surface area contributed by atoms with Crippen molar-refractivity contribution in [1.29, 1.82) is 0 Å². The quantitative estimate of drug-likeness (QED) is 0.619. The number of carbonyl (C=O) groups is 1. The number of nitrogens with zero attached hydrogens (tertiary/aromatic N) is 2. The van der Waals surface area contributed by atoms with Gasteiger partial charge in [-0.3, -0.25) is 4.79 Å². The van der Waals surface area contributed by atoms with Crippen LogP contribution in [0.5, 0.6) is 0 Å². The standard InChI is InChI=1S/C12H13FN4O/c13-10-4-1-3-9(17-10)12(18)16-6-2-5-11-14-7-8-15-11/h1,3-4,7-8H,2,5-6H2,(H,14,15)(H,16,18). The molecule has 5 nitrogen and oxygen atoms in total. The first-order valence-electron chi connectivity index (χ1n) is 5.65. The van der Waals surface area contributed by atoms with Gasteiger partial charge in [-0.2, -0.15) is 4.39 Å². The Morgan fingerprint density at radius 3 is 3.06 bits per heavy atom. The molecule has 2 aromatic rings. The normalized spacial score (nSPS) is 10.3. The van der Waals surface area contributed by atoms with E-state index in [4.69, 9.17) is 0 Å². The number of rotatable bonds is 5. The molecule has 0 aliphatic rings. The smallest absolute Gasteiger partial charge is 0.269 e. The number of aromatic nitrogens is 3. The van der Waals surface area contributed by atoms with E-state index in [1.807, 2.05) is 0 Å². The molecule has 0 saturated carbocycles. The van der Waals surface area contributed by atoms with Crippen LogP contribution in [0.4, 0.5) is 4.39 Å². The van der Waals surface area contributed by atoms with Gasteiger partial charge in [0.15, 0.2) is 0 Å². The van der Waals surface area contributed by atoms with E-state index in [1.54, 1.807) is 12.4 Å². The topological polar surface area (TPSA) is 70.7 Å². The van der Waals surface area contributed by atoms with Gasteiger partial charge in [0.05, 0.1) is 0 Å². The minimum atomic E-state index is -0.654. The van der Waals surface area contributed by atoms with Gasteiger partial charge in [0.25, 0.3) is 5.91 Å². The Labute approximate surface area is 103 Å². The Morgan fingerprint density at radius 2 is 2.33 bits per heavy atom. The van der Waals surface area contributed by atoms with E-state index in [-0.39, 0.29) is 11.6 Å². The molecule has 2 rings (SSSR count). The van der Waals surface area contributed by atoms with Gasteiger partial charge < -0.3 is 10.3 Å². The second-order valence-electron chi connectivity index (χ2n) is 3.74. The molecule has 6 heteroatoms. The predicted molar refractivity (Wildman–Crippen MR) is 63.4 cm³/mol. The first-order valence-corrected chi connectivity index (χ1v) is 5.65. The van der Waals surface area contributed by atoms with Crippen molar-refractivity contribution >= 4 is 5.91 Å². The molecular weight excluding hydrogens is 235 g/mol. The lowest BCUT2D eigenvalue weighted by molar-refractivity contribution is 0.0947.